The maximum atomic E-state index is 12.4. The Kier molecular flexibility index (Phi) is 4.60. The summed E-state index contributed by atoms with van der Waals surface area (Å²) in [6.45, 7) is 5.13. The van der Waals surface area contributed by atoms with Crippen molar-refractivity contribution in [1.29, 1.82) is 0 Å². The van der Waals surface area contributed by atoms with Gasteiger partial charge in [0.1, 0.15) is 9.90 Å². The van der Waals surface area contributed by atoms with Gasteiger partial charge in [0.15, 0.2) is 0 Å². The van der Waals surface area contributed by atoms with Gasteiger partial charge in [-0.3, -0.25) is 0 Å². The van der Waals surface area contributed by atoms with Crippen molar-refractivity contribution in [2.45, 2.75) is 38.3 Å². The molecule has 0 spiro atoms. The maximum Gasteiger partial charge on any atom is 0.242 e. The SMILES string of the molecule is Cc1cnc(C(C)NS(=O)(=O)c2c(C)csc2CO)s1. The number of aromatic nitrogens is 1. The van der Waals surface area contributed by atoms with Crippen LogP contribution in [0.3, 0.4) is 0 Å². The van der Waals surface area contributed by atoms with Crippen LogP contribution in [0.1, 0.15) is 33.3 Å². The van der Waals surface area contributed by atoms with Crippen molar-refractivity contribution in [2.24, 2.45) is 0 Å². The normalized spacial score (nSPS) is 13.6. The molecule has 0 fully saturated rings. The second-order valence-electron chi connectivity index (χ2n) is 4.48. The van der Waals surface area contributed by atoms with Crippen LogP contribution in [0.2, 0.25) is 0 Å². The molecule has 0 saturated carbocycles. The number of thiazole rings is 1. The Labute approximate surface area is 126 Å². The van der Waals surface area contributed by atoms with E-state index in [1.54, 1.807) is 25.4 Å². The van der Waals surface area contributed by atoms with Gasteiger partial charge in [-0.15, -0.1) is 22.7 Å². The Hall–Kier alpha value is -0.800. The first-order chi connectivity index (χ1) is 9.35. The number of nitrogens with zero attached hydrogens (tertiary/aromatic N) is 1. The summed E-state index contributed by atoms with van der Waals surface area (Å²) in [6.07, 6.45) is 1.72. The molecule has 110 valence electrons. The lowest BCUT2D eigenvalue weighted by atomic mass is 10.3. The van der Waals surface area contributed by atoms with E-state index in [0.29, 0.717) is 10.4 Å². The molecule has 0 aliphatic heterocycles. The topological polar surface area (TPSA) is 79.3 Å². The predicted molar refractivity (Wildman–Crippen MR) is 80.6 cm³/mol. The number of hydrogen-bond donors (Lipinski definition) is 2. The molecule has 2 rings (SSSR count). The maximum absolute atomic E-state index is 12.4. The van der Waals surface area contributed by atoms with Gasteiger partial charge in [0, 0.05) is 11.1 Å². The van der Waals surface area contributed by atoms with Crippen molar-refractivity contribution in [1.82, 2.24) is 9.71 Å². The molecule has 8 heteroatoms. The Morgan fingerprint density at radius 2 is 2.15 bits per heavy atom. The van der Waals surface area contributed by atoms with Gasteiger partial charge in [0.25, 0.3) is 0 Å². The van der Waals surface area contributed by atoms with Crippen molar-refractivity contribution in [3.8, 4) is 0 Å². The quantitative estimate of drug-likeness (QED) is 0.881. The number of nitrogens with one attached hydrogen (secondary N) is 1. The molecule has 2 aromatic rings. The standard InChI is InChI=1S/C12H16N2O3S3/c1-7-6-18-10(5-15)11(7)20(16,17)14-9(3)12-13-4-8(2)19-12/h4,6,9,14-15H,5H2,1-3H3. The van der Waals surface area contributed by atoms with Crippen LogP contribution in [0.5, 0.6) is 0 Å². The molecule has 0 saturated heterocycles. The lowest BCUT2D eigenvalue weighted by Crippen LogP contribution is -2.27. The smallest absolute Gasteiger partial charge is 0.242 e. The number of aliphatic hydroxyl groups excluding tert-OH is 1. The van der Waals surface area contributed by atoms with E-state index in [-0.39, 0.29) is 11.5 Å². The van der Waals surface area contributed by atoms with E-state index in [4.69, 9.17) is 0 Å². The summed E-state index contributed by atoms with van der Waals surface area (Å²) >= 11 is 2.71. The summed E-state index contributed by atoms with van der Waals surface area (Å²) < 4.78 is 27.5. The first-order valence-corrected chi connectivity index (χ1v) is 9.15. The fourth-order valence-corrected chi connectivity index (χ4v) is 5.59. The molecule has 20 heavy (non-hydrogen) atoms. The summed E-state index contributed by atoms with van der Waals surface area (Å²) in [7, 11) is -3.66. The Bertz CT molecular complexity index is 703. The number of hydrogen-bond acceptors (Lipinski definition) is 6. The van der Waals surface area contributed by atoms with Gasteiger partial charge < -0.3 is 5.11 Å². The molecule has 2 heterocycles. The molecule has 0 aliphatic carbocycles. The summed E-state index contributed by atoms with van der Waals surface area (Å²) in [6, 6.07) is -0.399. The molecule has 1 unspecified atom stereocenters. The van der Waals surface area contributed by atoms with E-state index in [0.717, 1.165) is 9.88 Å². The minimum Gasteiger partial charge on any atom is -0.391 e. The Morgan fingerprint density at radius 3 is 2.70 bits per heavy atom. The average Bonchev–Trinajstić information content (AvgIpc) is 2.94. The molecular weight excluding hydrogens is 316 g/mol. The first kappa shape index (κ1) is 15.6. The third kappa shape index (κ3) is 3.09. The van der Waals surface area contributed by atoms with Crippen LogP contribution in [-0.2, 0) is 16.6 Å². The van der Waals surface area contributed by atoms with Crippen LogP contribution < -0.4 is 4.72 Å². The van der Waals surface area contributed by atoms with Gasteiger partial charge in [-0.1, -0.05) is 0 Å². The highest BCUT2D eigenvalue weighted by atomic mass is 32.2. The van der Waals surface area contributed by atoms with Crippen molar-refractivity contribution in [3.63, 3.8) is 0 Å². The van der Waals surface area contributed by atoms with Gasteiger partial charge in [-0.05, 0) is 31.7 Å². The number of thiophene rings is 1. The number of aryl methyl sites for hydroxylation is 2. The number of rotatable bonds is 5. The molecule has 1 atom stereocenters. The van der Waals surface area contributed by atoms with E-state index in [9.17, 15) is 13.5 Å². The summed E-state index contributed by atoms with van der Waals surface area (Å²) in [5.74, 6) is 0. The van der Waals surface area contributed by atoms with Crippen LogP contribution in [0.4, 0.5) is 0 Å². The van der Waals surface area contributed by atoms with Gasteiger partial charge in [0.05, 0.1) is 17.5 Å². The fraction of sp³-hybridized carbons (Fsp3) is 0.417. The second-order valence-corrected chi connectivity index (χ2v) is 8.36. The van der Waals surface area contributed by atoms with Gasteiger partial charge in [0.2, 0.25) is 10.0 Å². The largest absolute Gasteiger partial charge is 0.391 e. The Morgan fingerprint density at radius 1 is 1.45 bits per heavy atom. The summed E-state index contributed by atoms with van der Waals surface area (Å²) in [4.78, 5) is 5.87. The lowest BCUT2D eigenvalue weighted by molar-refractivity contribution is 0.282. The average molecular weight is 332 g/mol. The monoisotopic (exact) mass is 332 g/mol. The summed E-state index contributed by atoms with van der Waals surface area (Å²) in [5.41, 5.74) is 0.647. The molecule has 0 bridgehead atoms. The fourth-order valence-electron chi connectivity index (χ4n) is 1.87. The Balaban J connectivity index is 2.29. The molecule has 0 amide bonds. The lowest BCUT2D eigenvalue weighted by Gasteiger charge is -2.13. The van der Waals surface area contributed by atoms with Crippen molar-refractivity contribution < 1.29 is 13.5 Å². The molecular formula is C12H16N2O3S3. The van der Waals surface area contributed by atoms with E-state index >= 15 is 0 Å². The van der Waals surface area contributed by atoms with Crippen LogP contribution in [0, 0.1) is 13.8 Å². The molecule has 0 aliphatic rings. The van der Waals surface area contributed by atoms with Crippen LogP contribution in [0.25, 0.3) is 0 Å². The van der Waals surface area contributed by atoms with Gasteiger partial charge in [-0.25, -0.2) is 18.1 Å². The van der Waals surface area contributed by atoms with Crippen molar-refractivity contribution in [3.05, 3.63) is 31.9 Å². The molecule has 0 aromatic carbocycles. The van der Waals surface area contributed by atoms with E-state index in [2.05, 4.69) is 9.71 Å². The van der Waals surface area contributed by atoms with E-state index in [1.807, 2.05) is 6.92 Å². The molecule has 0 radical (unpaired) electrons. The van der Waals surface area contributed by atoms with Crippen LogP contribution >= 0.6 is 22.7 Å². The van der Waals surface area contributed by atoms with Crippen molar-refractivity contribution >= 4 is 32.7 Å². The number of aliphatic hydroxyl groups is 1. The first-order valence-electron chi connectivity index (χ1n) is 5.97. The number of sulfonamides is 1. The summed E-state index contributed by atoms with van der Waals surface area (Å²) in [5, 5.41) is 11.7. The zero-order valence-electron chi connectivity index (χ0n) is 11.4. The minimum atomic E-state index is -3.66. The molecule has 2 aromatic heterocycles. The highest BCUT2D eigenvalue weighted by Crippen LogP contribution is 2.28. The van der Waals surface area contributed by atoms with Gasteiger partial charge in [-0.2, -0.15) is 0 Å². The third-order valence-electron chi connectivity index (χ3n) is 2.74. The van der Waals surface area contributed by atoms with Crippen molar-refractivity contribution in [2.75, 3.05) is 0 Å². The predicted octanol–water partition coefficient (Wildman–Crippen LogP) is 2.35. The second kappa shape index (κ2) is 5.90. The van der Waals surface area contributed by atoms with E-state index in [1.165, 1.54) is 22.7 Å². The van der Waals surface area contributed by atoms with Crippen LogP contribution in [0.15, 0.2) is 16.5 Å². The van der Waals surface area contributed by atoms with Gasteiger partial charge >= 0.3 is 0 Å². The zero-order valence-corrected chi connectivity index (χ0v) is 13.8. The third-order valence-corrected chi connectivity index (χ3v) is 6.83. The molecule has 5 nitrogen and oxygen atoms in total. The zero-order chi connectivity index (χ0) is 14.9. The van der Waals surface area contributed by atoms with Crippen LogP contribution in [-0.4, -0.2) is 18.5 Å². The highest BCUT2D eigenvalue weighted by Gasteiger charge is 2.25. The highest BCUT2D eigenvalue weighted by molar-refractivity contribution is 7.89. The molecule has 2 N–H and O–H groups in total. The minimum absolute atomic E-state index is 0.185. The van der Waals surface area contributed by atoms with E-state index < -0.39 is 16.1 Å².